The third kappa shape index (κ3) is 3.17. The summed E-state index contributed by atoms with van der Waals surface area (Å²) in [4.78, 5) is 0. The van der Waals surface area contributed by atoms with Crippen LogP contribution in [0.15, 0.2) is 18.2 Å². The number of hydrogen-bond acceptors (Lipinski definition) is 3. The molecule has 0 saturated carbocycles. The van der Waals surface area contributed by atoms with Crippen molar-refractivity contribution in [3.05, 3.63) is 28.8 Å². The van der Waals surface area contributed by atoms with Gasteiger partial charge in [0.05, 0.1) is 6.26 Å². The molecular weight excluding hydrogens is 224 g/mol. The number of hydrogen-bond donors (Lipinski definition) is 2. The third-order valence-corrected chi connectivity index (χ3v) is 2.54. The number of nitrogens with one attached hydrogen (secondary N) is 1. The van der Waals surface area contributed by atoms with Gasteiger partial charge in [-0.05, 0) is 23.8 Å². The van der Waals surface area contributed by atoms with E-state index in [1.807, 2.05) is 0 Å². The van der Waals surface area contributed by atoms with Gasteiger partial charge in [-0.1, -0.05) is 11.6 Å². The van der Waals surface area contributed by atoms with Crippen LogP contribution in [0.2, 0.25) is 5.02 Å². The maximum absolute atomic E-state index is 10.9. The van der Waals surface area contributed by atoms with Crippen LogP contribution in [0.3, 0.4) is 0 Å². The van der Waals surface area contributed by atoms with E-state index in [9.17, 15) is 8.42 Å². The van der Waals surface area contributed by atoms with Gasteiger partial charge in [0.2, 0.25) is 10.0 Å². The highest BCUT2D eigenvalue weighted by Crippen LogP contribution is 2.20. The highest BCUT2D eigenvalue weighted by atomic mass is 35.5. The Hall–Kier alpha value is -0.780. The monoisotopic (exact) mass is 234 g/mol. The van der Waals surface area contributed by atoms with Gasteiger partial charge in [-0.2, -0.15) is 0 Å². The smallest absolute Gasteiger partial charge is 0.229 e. The summed E-state index contributed by atoms with van der Waals surface area (Å²) >= 11 is 5.81. The molecule has 0 spiro atoms. The summed E-state index contributed by atoms with van der Waals surface area (Å²) in [6, 6.07) is 4.81. The second-order valence-corrected chi connectivity index (χ2v) is 5.04. The molecule has 3 N–H and O–H groups in total. The maximum Gasteiger partial charge on any atom is 0.229 e. The molecule has 0 saturated heterocycles. The molecule has 0 aliphatic carbocycles. The number of rotatable bonds is 3. The largest absolute Gasteiger partial charge is 0.326 e. The molecule has 0 bridgehead atoms. The molecule has 0 amide bonds. The van der Waals surface area contributed by atoms with Crippen LogP contribution in [-0.2, 0) is 16.6 Å². The first kappa shape index (κ1) is 11.3. The number of anilines is 1. The summed E-state index contributed by atoms with van der Waals surface area (Å²) in [7, 11) is -3.25. The molecule has 14 heavy (non-hydrogen) atoms. The van der Waals surface area contributed by atoms with Crippen molar-refractivity contribution in [1.29, 1.82) is 0 Å². The molecule has 0 aliphatic rings. The first-order chi connectivity index (χ1) is 6.42. The Kier molecular flexibility index (Phi) is 3.36. The quantitative estimate of drug-likeness (QED) is 0.825. The van der Waals surface area contributed by atoms with E-state index in [1.54, 1.807) is 18.2 Å². The van der Waals surface area contributed by atoms with Gasteiger partial charge in [-0.15, -0.1) is 0 Å². The zero-order valence-electron chi connectivity index (χ0n) is 7.62. The first-order valence-corrected chi connectivity index (χ1v) is 6.15. The van der Waals surface area contributed by atoms with Crippen LogP contribution in [0, 0.1) is 0 Å². The number of sulfonamides is 1. The third-order valence-electron chi connectivity index (χ3n) is 1.57. The van der Waals surface area contributed by atoms with Crippen molar-refractivity contribution < 1.29 is 8.42 Å². The molecule has 1 aromatic carbocycles. The van der Waals surface area contributed by atoms with Crippen molar-refractivity contribution >= 4 is 27.3 Å². The minimum Gasteiger partial charge on any atom is -0.326 e. The average Bonchev–Trinajstić information content (AvgIpc) is 2.06. The van der Waals surface area contributed by atoms with E-state index in [2.05, 4.69) is 4.72 Å². The van der Waals surface area contributed by atoms with Gasteiger partial charge < -0.3 is 5.73 Å². The summed E-state index contributed by atoms with van der Waals surface area (Å²) in [5.41, 5.74) is 6.60. The molecule has 0 unspecified atom stereocenters. The Bertz CT molecular complexity index is 431. The summed E-state index contributed by atoms with van der Waals surface area (Å²) in [5.74, 6) is 0. The fraction of sp³-hybridized carbons (Fsp3) is 0.250. The Morgan fingerprint density at radius 1 is 1.50 bits per heavy atom. The van der Waals surface area contributed by atoms with E-state index in [4.69, 9.17) is 17.3 Å². The van der Waals surface area contributed by atoms with E-state index in [1.165, 1.54) is 0 Å². The fourth-order valence-electron chi connectivity index (χ4n) is 1.01. The molecule has 78 valence electrons. The lowest BCUT2D eigenvalue weighted by atomic mass is 10.2. The Balaban J connectivity index is 3.01. The van der Waals surface area contributed by atoms with E-state index < -0.39 is 10.0 Å². The van der Waals surface area contributed by atoms with Crippen molar-refractivity contribution in [2.24, 2.45) is 5.73 Å². The molecule has 4 nitrogen and oxygen atoms in total. The molecule has 1 rings (SSSR count). The van der Waals surface area contributed by atoms with Gasteiger partial charge in [0.15, 0.2) is 0 Å². The summed E-state index contributed by atoms with van der Waals surface area (Å²) < 4.78 is 24.2. The molecule has 1 aromatic rings. The van der Waals surface area contributed by atoms with E-state index in [0.717, 1.165) is 6.26 Å². The zero-order chi connectivity index (χ0) is 10.8. The highest BCUT2D eigenvalue weighted by Gasteiger charge is 2.04. The molecular formula is C8H11ClN2O2S. The lowest BCUT2D eigenvalue weighted by Crippen LogP contribution is -2.10. The van der Waals surface area contributed by atoms with Gasteiger partial charge in [0, 0.05) is 17.3 Å². The standard InChI is InChI=1S/C8H11ClN2O2S/c1-14(12,13)11-7-2-3-8(9)6(4-7)5-10/h2-4,11H,5,10H2,1H3. The zero-order valence-corrected chi connectivity index (χ0v) is 9.19. The SMILES string of the molecule is CS(=O)(=O)Nc1ccc(Cl)c(CN)c1. The molecule has 0 aliphatic heterocycles. The van der Waals surface area contributed by atoms with Crippen LogP contribution in [0.25, 0.3) is 0 Å². The minimum absolute atomic E-state index is 0.276. The Morgan fingerprint density at radius 3 is 2.64 bits per heavy atom. The Morgan fingerprint density at radius 2 is 2.14 bits per heavy atom. The number of halogens is 1. The van der Waals surface area contributed by atoms with Crippen LogP contribution >= 0.6 is 11.6 Å². The van der Waals surface area contributed by atoms with Crippen molar-refractivity contribution in [1.82, 2.24) is 0 Å². The van der Waals surface area contributed by atoms with Gasteiger partial charge >= 0.3 is 0 Å². The van der Waals surface area contributed by atoms with E-state index >= 15 is 0 Å². The predicted molar refractivity (Wildman–Crippen MR) is 57.8 cm³/mol. The second kappa shape index (κ2) is 4.16. The van der Waals surface area contributed by atoms with E-state index in [0.29, 0.717) is 16.3 Å². The fourth-order valence-corrected chi connectivity index (χ4v) is 1.76. The highest BCUT2D eigenvalue weighted by molar-refractivity contribution is 7.92. The normalized spacial score (nSPS) is 11.4. The van der Waals surface area contributed by atoms with Gasteiger partial charge in [0.1, 0.15) is 0 Å². The topological polar surface area (TPSA) is 72.2 Å². The maximum atomic E-state index is 10.9. The molecule has 0 aromatic heterocycles. The molecule has 0 radical (unpaired) electrons. The van der Waals surface area contributed by atoms with Gasteiger partial charge in [0.25, 0.3) is 0 Å². The number of nitrogens with two attached hydrogens (primary N) is 1. The van der Waals surface area contributed by atoms with Gasteiger partial charge in [-0.25, -0.2) is 8.42 Å². The van der Waals surface area contributed by atoms with Crippen LogP contribution in [-0.4, -0.2) is 14.7 Å². The van der Waals surface area contributed by atoms with Crippen molar-refractivity contribution in [2.75, 3.05) is 11.0 Å². The predicted octanol–water partition coefficient (Wildman–Crippen LogP) is 1.17. The van der Waals surface area contributed by atoms with Crippen molar-refractivity contribution in [3.63, 3.8) is 0 Å². The second-order valence-electron chi connectivity index (χ2n) is 2.88. The summed E-state index contributed by atoms with van der Waals surface area (Å²) in [6.45, 7) is 0.276. The average molecular weight is 235 g/mol. The van der Waals surface area contributed by atoms with Crippen LogP contribution in [0.5, 0.6) is 0 Å². The van der Waals surface area contributed by atoms with Crippen LogP contribution in [0.1, 0.15) is 5.56 Å². The first-order valence-electron chi connectivity index (χ1n) is 3.88. The number of benzene rings is 1. The van der Waals surface area contributed by atoms with Crippen molar-refractivity contribution in [3.8, 4) is 0 Å². The lowest BCUT2D eigenvalue weighted by molar-refractivity contribution is 0.607. The minimum atomic E-state index is -3.25. The molecule has 0 fully saturated rings. The molecule has 0 heterocycles. The van der Waals surface area contributed by atoms with Crippen LogP contribution < -0.4 is 10.5 Å². The van der Waals surface area contributed by atoms with Gasteiger partial charge in [-0.3, -0.25) is 4.72 Å². The lowest BCUT2D eigenvalue weighted by Gasteiger charge is -2.06. The van der Waals surface area contributed by atoms with Crippen molar-refractivity contribution in [2.45, 2.75) is 6.54 Å². The van der Waals surface area contributed by atoms with Crippen LogP contribution in [0.4, 0.5) is 5.69 Å². The van der Waals surface area contributed by atoms with E-state index in [-0.39, 0.29) is 6.54 Å². The molecule has 6 heteroatoms. The Labute approximate surface area is 88.1 Å². The summed E-state index contributed by atoms with van der Waals surface area (Å²) in [5, 5.41) is 0.534. The molecule has 0 atom stereocenters. The summed E-state index contributed by atoms with van der Waals surface area (Å²) in [6.07, 6.45) is 1.09.